The third-order valence-corrected chi connectivity index (χ3v) is 6.52. The van der Waals surface area contributed by atoms with Crippen molar-refractivity contribution >= 4 is 28.7 Å². The van der Waals surface area contributed by atoms with Gasteiger partial charge in [-0.05, 0) is 53.8 Å². The van der Waals surface area contributed by atoms with Gasteiger partial charge in [0.15, 0.2) is 11.4 Å². The molecule has 34 heavy (non-hydrogen) atoms. The lowest BCUT2D eigenvalue weighted by Crippen LogP contribution is -2.09. The highest BCUT2D eigenvalue weighted by Gasteiger charge is 2.19. The van der Waals surface area contributed by atoms with Crippen LogP contribution in [0.1, 0.15) is 43.2 Å². The Kier molecular flexibility index (Phi) is 7.64. The molecule has 8 nitrogen and oxygen atoms in total. The Hall–Kier alpha value is -3.17. The third kappa shape index (κ3) is 4.71. The predicted molar refractivity (Wildman–Crippen MR) is 136 cm³/mol. The van der Waals surface area contributed by atoms with Crippen LogP contribution in [0.25, 0.3) is 11.0 Å². The summed E-state index contributed by atoms with van der Waals surface area (Å²) in [5, 5.41) is 12.9. The summed E-state index contributed by atoms with van der Waals surface area (Å²) in [5.41, 5.74) is 5.42. The van der Waals surface area contributed by atoms with Crippen LogP contribution in [0, 0.1) is 0 Å². The molecule has 0 saturated heterocycles. The van der Waals surface area contributed by atoms with E-state index in [9.17, 15) is 0 Å². The van der Waals surface area contributed by atoms with Crippen LogP contribution in [0.15, 0.2) is 45.9 Å². The number of hydrogen-bond acceptors (Lipinski definition) is 8. The van der Waals surface area contributed by atoms with Crippen molar-refractivity contribution in [3.05, 3.63) is 58.9 Å². The van der Waals surface area contributed by atoms with Crippen molar-refractivity contribution in [3.63, 3.8) is 0 Å². The van der Waals surface area contributed by atoms with Crippen LogP contribution in [0.2, 0.25) is 0 Å². The van der Waals surface area contributed by atoms with E-state index >= 15 is 0 Å². The average molecular weight is 482 g/mol. The first-order valence-corrected chi connectivity index (χ1v) is 12.3. The number of aromatic nitrogens is 3. The zero-order valence-electron chi connectivity index (χ0n) is 20.3. The number of nitrogens with one attached hydrogen (secondary N) is 2. The van der Waals surface area contributed by atoms with Crippen molar-refractivity contribution in [1.29, 1.82) is 0 Å². The van der Waals surface area contributed by atoms with Crippen molar-refractivity contribution < 1.29 is 14.0 Å². The number of anilines is 1. The van der Waals surface area contributed by atoms with Crippen LogP contribution < -0.4 is 19.5 Å². The van der Waals surface area contributed by atoms with E-state index in [0.29, 0.717) is 23.7 Å². The second-order valence-electron chi connectivity index (χ2n) is 7.62. The van der Waals surface area contributed by atoms with Gasteiger partial charge in [-0.3, -0.25) is 4.68 Å². The molecule has 0 fully saturated rings. The summed E-state index contributed by atoms with van der Waals surface area (Å²) in [6.07, 6.45) is 2.89. The van der Waals surface area contributed by atoms with Gasteiger partial charge in [0.05, 0.1) is 37.6 Å². The Morgan fingerprint density at radius 1 is 1.09 bits per heavy atom. The van der Waals surface area contributed by atoms with Crippen molar-refractivity contribution in [1.82, 2.24) is 20.3 Å². The maximum atomic E-state index is 5.70. The monoisotopic (exact) mass is 481 g/mol. The largest absolute Gasteiger partial charge is 0.496 e. The van der Waals surface area contributed by atoms with Crippen LogP contribution in [-0.4, -0.2) is 29.2 Å². The topological polar surface area (TPSA) is 86.4 Å². The van der Waals surface area contributed by atoms with E-state index < -0.39 is 0 Å². The molecule has 0 unspecified atom stereocenters. The van der Waals surface area contributed by atoms with Gasteiger partial charge < -0.3 is 24.0 Å². The number of rotatable bonds is 8. The van der Waals surface area contributed by atoms with Gasteiger partial charge in [-0.15, -0.1) is 0 Å². The number of hydrogen-bond donors (Lipinski definition) is 2. The van der Waals surface area contributed by atoms with Crippen LogP contribution in [-0.2, 0) is 26.1 Å². The highest BCUT2D eigenvalue weighted by Crippen LogP contribution is 2.37. The maximum absolute atomic E-state index is 5.70. The molecule has 1 aliphatic rings. The molecule has 0 aliphatic carbocycles. The van der Waals surface area contributed by atoms with E-state index in [1.54, 1.807) is 14.2 Å². The lowest BCUT2D eigenvalue weighted by molar-refractivity contribution is 0.404. The minimum absolute atomic E-state index is 0.613. The molecule has 2 aromatic heterocycles. The second kappa shape index (κ2) is 10.8. The minimum atomic E-state index is 0.613. The number of fused-ring (bicyclic) bond motifs is 2. The van der Waals surface area contributed by atoms with Gasteiger partial charge in [0.25, 0.3) is 0 Å². The van der Waals surface area contributed by atoms with E-state index in [2.05, 4.69) is 39.4 Å². The summed E-state index contributed by atoms with van der Waals surface area (Å²) >= 11 is 1.44. The van der Waals surface area contributed by atoms with Crippen molar-refractivity contribution in [2.24, 2.45) is 0 Å². The molecule has 0 bridgehead atoms. The molecule has 9 heteroatoms. The highest BCUT2D eigenvalue weighted by atomic mass is 32.2. The Balaban J connectivity index is 0.00000133. The molecule has 0 amide bonds. The molecule has 0 spiro atoms. The molecule has 2 N–H and O–H groups in total. The lowest BCUT2D eigenvalue weighted by atomic mass is 10.1. The second-order valence-corrected chi connectivity index (χ2v) is 8.47. The molecule has 0 atom stereocenters. The average Bonchev–Trinajstić information content (AvgIpc) is 3.61. The van der Waals surface area contributed by atoms with Crippen molar-refractivity contribution in [2.45, 2.75) is 51.7 Å². The van der Waals surface area contributed by atoms with E-state index in [0.717, 1.165) is 41.1 Å². The summed E-state index contributed by atoms with van der Waals surface area (Å²) in [6.45, 7) is 8.48. The summed E-state index contributed by atoms with van der Waals surface area (Å²) in [4.78, 5) is 0.986. The van der Waals surface area contributed by atoms with Gasteiger partial charge in [-0.2, -0.15) is 5.10 Å². The van der Waals surface area contributed by atoms with Gasteiger partial charge in [-0.25, -0.2) is 0 Å². The zero-order chi connectivity index (χ0) is 24.1. The first-order valence-electron chi connectivity index (χ1n) is 11.5. The first-order chi connectivity index (χ1) is 16.7. The number of ether oxygens (including phenoxy) is 2. The number of benzene rings is 2. The maximum Gasteiger partial charge on any atom is 0.191 e. The summed E-state index contributed by atoms with van der Waals surface area (Å²) in [7, 11) is 3.33. The molecular weight excluding hydrogens is 450 g/mol. The van der Waals surface area contributed by atoms with Crippen LogP contribution in [0.3, 0.4) is 0 Å². The Morgan fingerprint density at radius 3 is 2.68 bits per heavy atom. The summed E-state index contributed by atoms with van der Waals surface area (Å²) < 4.78 is 22.2. The molecule has 1 aliphatic heterocycles. The summed E-state index contributed by atoms with van der Waals surface area (Å²) in [6, 6.07) is 10.2. The van der Waals surface area contributed by atoms with Crippen LogP contribution >= 0.6 is 11.9 Å². The Labute approximate surface area is 204 Å². The molecular formula is C25H31N5O3S. The normalized spacial score (nSPS) is 12.3. The van der Waals surface area contributed by atoms with E-state index in [1.807, 2.05) is 42.9 Å². The molecule has 4 aromatic rings. The van der Waals surface area contributed by atoms with E-state index in [-0.39, 0.29) is 0 Å². The van der Waals surface area contributed by atoms with Gasteiger partial charge in [0.2, 0.25) is 0 Å². The zero-order valence-corrected chi connectivity index (χ0v) is 21.1. The SMILES string of the molecule is CC.CCc1ccc(OC)c(SNc2noc3cc(Cn4ncc5c4CNC5)cc(OC)c23)c1. The molecule has 5 rings (SSSR count). The van der Waals surface area contributed by atoms with Crippen molar-refractivity contribution in [3.8, 4) is 11.5 Å². The smallest absolute Gasteiger partial charge is 0.191 e. The fourth-order valence-electron chi connectivity index (χ4n) is 3.96. The standard InChI is InChI=1S/C23H25N5O3S.C2H6/c1-4-14-5-6-18(29-2)21(9-14)32-27-23-22-19(30-3)7-15(8-20(22)31-26-23)13-28-17-12-24-10-16(17)11-25-28;1-2/h5-9,11,24H,4,10,12-13H2,1-3H3,(H,26,27);1-2H3. The number of methoxy groups -OCH3 is 2. The van der Waals surface area contributed by atoms with E-state index in [1.165, 1.54) is 28.8 Å². The van der Waals surface area contributed by atoms with Gasteiger partial charge in [0.1, 0.15) is 16.9 Å². The Bertz CT molecular complexity index is 1270. The predicted octanol–water partition coefficient (Wildman–Crippen LogP) is 5.40. The third-order valence-electron chi connectivity index (χ3n) is 5.69. The molecule has 2 aromatic carbocycles. The number of nitrogens with zero attached hydrogens (tertiary/aromatic N) is 3. The minimum Gasteiger partial charge on any atom is -0.496 e. The van der Waals surface area contributed by atoms with Gasteiger partial charge >= 0.3 is 0 Å². The fraction of sp³-hybridized carbons (Fsp3) is 0.360. The van der Waals surface area contributed by atoms with Gasteiger partial charge in [0, 0.05) is 18.7 Å². The molecule has 180 valence electrons. The molecule has 3 heterocycles. The first kappa shape index (κ1) is 24.0. The lowest BCUT2D eigenvalue weighted by Gasteiger charge is -2.11. The van der Waals surface area contributed by atoms with Crippen LogP contribution in [0.4, 0.5) is 5.82 Å². The van der Waals surface area contributed by atoms with Gasteiger partial charge in [-0.1, -0.05) is 32.0 Å². The van der Waals surface area contributed by atoms with E-state index in [4.69, 9.17) is 14.0 Å². The van der Waals surface area contributed by atoms with Crippen LogP contribution in [0.5, 0.6) is 11.5 Å². The number of aryl methyl sites for hydroxylation is 1. The quantitative estimate of drug-likeness (QED) is 0.324. The highest BCUT2D eigenvalue weighted by molar-refractivity contribution is 8.00. The molecule has 0 radical (unpaired) electrons. The Morgan fingerprint density at radius 2 is 1.91 bits per heavy atom. The van der Waals surface area contributed by atoms with Crippen molar-refractivity contribution in [2.75, 3.05) is 18.9 Å². The summed E-state index contributed by atoms with van der Waals surface area (Å²) in [5.74, 6) is 2.13. The fourth-order valence-corrected chi connectivity index (χ4v) is 4.77. The molecule has 0 saturated carbocycles.